The number of alkyl halides is 3. The second-order valence-electron chi connectivity index (χ2n) is 5.13. The molecule has 2 rings (SSSR count). The van der Waals surface area contributed by atoms with E-state index >= 15 is 0 Å². The Bertz CT molecular complexity index is 712. The summed E-state index contributed by atoms with van der Waals surface area (Å²) in [6.45, 7) is 0.327. The molecule has 0 bridgehead atoms. The van der Waals surface area contributed by atoms with Gasteiger partial charge >= 0.3 is 12.1 Å². The van der Waals surface area contributed by atoms with Gasteiger partial charge in [-0.15, -0.1) is 0 Å². The van der Waals surface area contributed by atoms with Crippen molar-refractivity contribution < 1.29 is 27.8 Å². The normalized spacial score (nSPS) is 11.3. The molecule has 0 amide bonds. The number of phenols is 1. The summed E-state index contributed by atoms with van der Waals surface area (Å²) in [6, 6.07) is 9.74. The van der Waals surface area contributed by atoms with Crippen molar-refractivity contribution in [2.75, 3.05) is 7.11 Å². The van der Waals surface area contributed by atoms with Gasteiger partial charge in [-0.2, -0.15) is 13.2 Å². The molecule has 128 valence electrons. The molecule has 0 atom stereocenters. The van der Waals surface area contributed by atoms with Crippen molar-refractivity contribution in [1.29, 1.82) is 0 Å². The summed E-state index contributed by atoms with van der Waals surface area (Å²) in [7, 11) is 1.29. The number of nitrogens with one attached hydrogen (secondary N) is 1. The summed E-state index contributed by atoms with van der Waals surface area (Å²) in [5, 5.41) is 12.2. The molecule has 0 aromatic heterocycles. The van der Waals surface area contributed by atoms with Crippen LogP contribution in [-0.4, -0.2) is 18.2 Å². The molecule has 0 heterocycles. The zero-order valence-electron chi connectivity index (χ0n) is 12.9. The quantitative estimate of drug-likeness (QED) is 0.819. The van der Waals surface area contributed by atoms with Crippen LogP contribution >= 0.6 is 0 Å². The molecule has 0 aliphatic heterocycles. The van der Waals surface area contributed by atoms with Crippen molar-refractivity contribution in [2.45, 2.75) is 19.3 Å². The Hall–Kier alpha value is -2.54. The number of hydrogen-bond donors (Lipinski definition) is 2. The van der Waals surface area contributed by atoms with Gasteiger partial charge in [0.15, 0.2) is 0 Å². The molecule has 7 heteroatoms. The van der Waals surface area contributed by atoms with Gasteiger partial charge in [-0.1, -0.05) is 18.2 Å². The number of carbonyl (C=O) groups is 1. The molecule has 2 aromatic rings. The lowest BCUT2D eigenvalue weighted by molar-refractivity contribution is -0.138. The van der Waals surface area contributed by atoms with E-state index in [1.165, 1.54) is 19.2 Å². The molecule has 2 N–H and O–H groups in total. The summed E-state index contributed by atoms with van der Waals surface area (Å²) in [4.78, 5) is 11.3. The number of phenolic OH excluding ortho intramolecular Hbond substituents is 1. The van der Waals surface area contributed by atoms with Crippen LogP contribution < -0.4 is 5.32 Å². The third-order valence-corrected chi connectivity index (χ3v) is 3.42. The highest BCUT2D eigenvalue weighted by Gasteiger charge is 2.33. The number of ether oxygens (including phenoxy) is 1. The van der Waals surface area contributed by atoms with Gasteiger partial charge in [-0.3, -0.25) is 0 Å². The van der Waals surface area contributed by atoms with E-state index in [1.807, 2.05) is 0 Å². The van der Waals surface area contributed by atoms with Crippen LogP contribution in [0.15, 0.2) is 42.5 Å². The van der Waals surface area contributed by atoms with Crippen molar-refractivity contribution >= 4 is 5.97 Å². The van der Waals surface area contributed by atoms with Crippen molar-refractivity contribution in [2.24, 2.45) is 0 Å². The molecule has 0 fully saturated rings. The Morgan fingerprint density at radius 3 is 2.38 bits per heavy atom. The second kappa shape index (κ2) is 7.35. The van der Waals surface area contributed by atoms with Crippen LogP contribution in [0.1, 0.15) is 27.0 Å². The van der Waals surface area contributed by atoms with Crippen LogP contribution in [0.3, 0.4) is 0 Å². The van der Waals surface area contributed by atoms with Gasteiger partial charge in [-0.05, 0) is 35.4 Å². The summed E-state index contributed by atoms with van der Waals surface area (Å²) >= 11 is 0. The average Bonchev–Trinajstić information content (AvgIpc) is 2.55. The molecule has 0 aliphatic carbocycles. The first kappa shape index (κ1) is 17.8. The van der Waals surface area contributed by atoms with Crippen molar-refractivity contribution in [3.05, 3.63) is 64.7 Å². The molecular weight excluding hydrogens is 323 g/mol. The lowest BCUT2D eigenvalue weighted by atomic mass is 10.1. The van der Waals surface area contributed by atoms with E-state index in [2.05, 4.69) is 10.1 Å². The molecule has 24 heavy (non-hydrogen) atoms. The lowest BCUT2D eigenvalue weighted by Crippen LogP contribution is -2.17. The predicted octanol–water partition coefficient (Wildman–Crippen LogP) is 3.49. The lowest BCUT2D eigenvalue weighted by Gasteiger charge is -2.14. The Morgan fingerprint density at radius 1 is 1.12 bits per heavy atom. The summed E-state index contributed by atoms with van der Waals surface area (Å²) in [6.07, 6.45) is -4.53. The smallest absolute Gasteiger partial charge is 0.416 e. The van der Waals surface area contributed by atoms with Crippen LogP contribution in [0.25, 0.3) is 0 Å². The fourth-order valence-corrected chi connectivity index (χ4v) is 2.20. The van der Waals surface area contributed by atoms with Gasteiger partial charge in [-0.25, -0.2) is 4.79 Å². The number of carbonyl (C=O) groups excluding carboxylic acids is 1. The minimum absolute atomic E-state index is 0.00607. The summed E-state index contributed by atoms with van der Waals surface area (Å²) in [5.41, 5.74) is 0.400. The first-order chi connectivity index (χ1) is 11.3. The number of rotatable bonds is 5. The first-order valence-corrected chi connectivity index (χ1v) is 7.08. The minimum Gasteiger partial charge on any atom is -0.508 e. The van der Waals surface area contributed by atoms with E-state index in [1.54, 1.807) is 24.3 Å². The fraction of sp³-hybridized carbons (Fsp3) is 0.235. The topological polar surface area (TPSA) is 58.6 Å². The largest absolute Gasteiger partial charge is 0.508 e. The van der Waals surface area contributed by atoms with E-state index in [0.717, 1.165) is 5.56 Å². The summed E-state index contributed by atoms with van der Waals surface area (Å²) < 4.78 is 43.4. The number of esters is 1. The van der Waals surface area contributed by atoms with Crippen LogP contribution in [0.4, 0.5) is 13.2 Å². The van der Waals surface area contributed by atoms with E-state index in [0.29, 0.717) is 18.2 Å². The van der Waals surface area contributed by atoms with Crippen molar-refractivity contribution in [1.82, 2.24) is 5.32 Å². The van der Waals surface area contributed by atoms with Gasteiger partial charge < -0.3 is 15.2 Å². The Balaban J connectivity index is 2.01. The van der Waals surface area contributed by atoms with Gasteiger partial charge in [0.2, 0.25) is 0 Å². The van der Waals surface area contributed by atoms with E-state index < -0.39 is 23.5 Å². The Kier molecular flexibility index (Phi) is 5.46. The third-order valence-electron chi connectivity index (χ3n) is 3.42. The van der Waals surface area contributed by atoms with Crippen molar-refractivity contribution in [3.63, 3.8) is 0 Å². The monoisotopic (exact) mass is 339 g/mol. The van der Waals surface area contributed by atoms with Gasteiger partial charge in [0.1, 0.15) is 5.75 Å². The van der Waals surface area contributed by atoms with Crippen LogP contribution in [-0.2, 0) is 24.0 Å². The Labute approximate surface area is 136 Å². The van der Waals surface area contributed by atoms with E-state index in [-0.39, 0.29) is 12.1 Å². The Morgan fingerprint density at radius 2 is 1.79 bits per heavy atom. The molecule has 4 nitrogen and oxygen atoms in total. The number of benzene rings is 2. The molecular formula is C17H16F3NO3. The second-order valence-corrected chi connectivity index (χ2v) is 5.13. The maximum absolute atomic E-state index is 12.9. The van der Waals surface area contributed by atoms with Gasteiger partial charge in [0, 0.05) is 13.1 Å². The molecule has 2 aromatic carbocycles. The maximum Gasteiger partial charge on any atom is 0.416 e. The molecule has 0 saturated carbocycles. The minimum atomic E-state index is -4.53. The van der Waals surface area contributed by atoms with E-state index in [4.69, 9.17) is 0 Å². The first-order valence-electron chi connectivity index (χ1n) is 7.08. The average molecular weight is 339 g/mol. The zero-order chi connectivity index (χ0) is 17.7. The van der Waals surface area contributed by atoms with Gasteiger partial charge in [0.05, 0.1) is 18.2 Å². The number of methoxy groups -OCH3 is 1. The van der Waals surface area contributed by atoms with Crippen LogP contribution in [0, 0.1) is 0 Å². The number of aromatic hydroxyl groups is 1. The van der Waals surface area contributed by atoms with E-state index in [9.17, 15) is 23.1 Å². The highest BCUT2D eigenvalue weighted by Crippen LogP contribution is 2.34. The standard InChI is InChI=1S/C17H16F3NO3/c1-24-16(23)12-4-2-11(3-5-12)9-21-10-13-6-7-14(22)8-15(13)17(18,19)20/h2-8,21-22H,9-10H2,1H3. The molecule has 0 spiro atoms. The number of hydrogen-bond acceptors (Lipinski definition) is 4. The SMILES string of the molecule is COC(=O)c1ccc(CNCc2ccc(O)cc2C(F)(F)F)cc1. The van der Waals surface area contributed by atoms with Crippen LogP contribution in [0.2, 0.25) is 0 Å². The molecule has 0 aliphatic rings. The maximum atomic E-state index is 12.9. The molecule has 0 radical (unpaired) electrons. The van der Waals surface area contributed by atoms with Gasteiger partial charge in [0.25, 0.3) is 0 Å². The van der Waals surface area contributed by atoms with Crippen molar-refractivity contribution in [3.8, 4) is 5.75 Å². The zero-order valence-corrected chi connectivity index (χ0v) is 12.9. The number of halogens is 3. The fourth-order valence-electron chi connectivity index (χ4n) is 2.20. The molecule has 0 saturated heterocycles. The summed E-state index contributed by atoms with van der Waals surface area (Å²) in [5.74, 6) is -0.877. The highest BCUT2D eigenvalue weighted by molar-refractivity contribution is 5.89. The van der Waals surface area contributed by atoms with Crippen LogP contribution in [0.5, 0.6) is 5.75 Å². The predicted molar refractivity (Wildman–Crippen MR) is 81.4 cm³/mol. The highest BCUT2D eigenvalue weighted by atomic mass is 19.4. The molecule has 0 unspecified atom stereocenters. The third kappa shape index (κ3) is 4.48.